The molecule has 0 bridgehead atoms. The van der Waals surface area contributed by atoms with Gasteiger partial charge in [-0.05, 0) is 24.3 Å². The fourth-order valence-electron chi connectivity index (χ4n) is 1.63. The number of phenols is 2. The molecule has 5 heteroatoms. The van der Waals surface area contributed by atoms with Gasteiger partial charge in [-0.2, -0.15) is 0 Å². The van der Waals surface area contributed by atoms with E-state index in [1.807, 2.05) is 12.1 Å². The van der Waals surface area contributed by atoms with Crippen LogP contribution in [-0.2, 0) is 0 Å². The minimum atomic E-state index is 0. The summed E-state index contributed by atoms with van der Waals surface area (Å²) in [6, 6.07) is 14.1. The predicted octanol–water partition coefficient (Wildman–Crippen LogP) is 2.64. The second-order valence-electron chi connectivity index (χ2n) is 4.19. The van der Waals surface area contributed by atoms with Crippen molar-refractivity contribution in [3.05, 3.63) is 59.7 Å². The molecule has 0 aliphatic heterocycles. The number of phenolic OH excluding ortho intramolecular Hbond substituents is 2. The molecule has 0 amide bonds. The van der Waals surface area contributed by atoms with Crippen LogP contribution in [-0.4, -0.2) is 35.7 Å². The first-order chi connectivity index (χ1) is 9.77. The molecule has 2 rings (SSSR count). The largest absolute Gasteiger partial charge is 0.507 e. The van der Waals surface area contributed by atoms with Gasteiger partial charge in [-0.1, -0.05) is 24.3 Å². The van der Waals surface area contributed by atoms with Gasteiger partial charge in [0, 0.05) is 63.9 Å². The minimum Gasteiger partial charge on any atom is -0.507 e. The van der Waals surface area contributed by atoms with Gasteiger partial charge in [-0.3, -0.25) is 9.98 Å². The normalized spacial score (nSPS) is 10.9. The minimum absolute atomic E-state index is 0. The van der Waals surface area contributed by atoms with Crippen molar-refractivity contribution < 1.29 is 50.6 Å². The molecule has 108 valence electrons. The summed E-state index contributed by atoms with van der Waals surface area (Å²) >= 11 is 0. The molecule has 0 radical (unpaired) electrons. The number of rotatable bonds is 5. The average Bonchev–Trinajstić information content (AvgIpc) is 2.46. The molecule has 0 unspecified atom stereocenters. The number of para-hydroxylation sites is 2. The molecule has 0 saturated heterocycles. The van der Waals surface area contributed by atoms with Crippen LogP contribution in [0.1, 0.15) is 11.1 Å². The van der Waals surface area contributed by atoms with Crippen LogP contribution < -0.4 is 0 Å². The Morgan fingerprint density at radius 1 is 0.714 bits per heavy atom. The molecule has 0 atom stereocenters. The van der Waals surface area contributed by atoms with Crippen molar-refractivity contribution in [3.63, 3.8) is 0 Å². The van der Waals surface area contributed by atoms with Crippen LogP contribution in [0.4, 0.5) is 0 Å². The van der Waals surface area contributed by atoms with E-state index in [0.29, 0.717) is 24.2 Å². The predicted molar refractivity (Wildman–Crippen MR) is 81.1 cm³/mol. The van der Waals surface area contributed by atoms with Gasteiger partial charge in [-0.15, -0.1) is 0 Å². The number of hydrogen-bond acceptors (Lipinski definition) is 4. The molecular formula is C16H16N2O2Sm. The standard InChI is InChI=1S/C16H16N2O2.Sm/c19-15-7-3-1-5-13(15)11-17-9-10-18-12-14-6-2-4-8-16(14)20;/h1-8,11-12,19-20H,9-10H2;/b17-11+,18-12+;. The van der Waals surface area contributed by atoms with Crippen LogP contribution in [0.15, 0.2) is 58.5 Å². The third kappa shape index (κ3) is 5.92. The van der Waals surface area contributed by atoms with E-state index >= 15 is 0 Å². The van der Waals surface area contributed by atoms with Gasteiger partial charge in [0.2, 0.25) is 0 Å². The second-order valence-corrected chi connectivity index (χ2v) is 4.19. The number of aliphatic imine (C=N–C) groups is 2. The molecule has 0 aromatic heterocycles. The van der Waals surface area contributed by atoms with E-state index in [1.54, 1.807) is 48.8 Å². The van der Waals surface area contributed by atoms with Gasteiger partial charge >= 0.3 is 0 Å². The third-order valence-electron chi connectivity index (χ3n) is 2.69. The second kappa shape index (κ2) is 9.62. The van der Waals surface area contributed by atoms with Crippen molar-refractivity contribution in [2.24, 2.45) is 9.98 Å². The monoisotopic (exact) mass is 420 g/mol. The van der Waals surface area contributed by atoms with Crippen LogP contribution in [0.5, 0.6) is 11.5 Å². The van der Waals surface area contributed by atoms with E-state index in [1.165, 1.54) is 0 Å². The van der Waals surface area contributed by atoms with Gasteiger partial charge < -0.3 is 10.2 Å². The zero-order valence-electron chi connectivity index (χ0n) is 11.4. The fraction of sp³-hybridized carbons (Fsp3) is 0.125. The molecule has 0 aliphatic carbocycles. The third-order valence-corrected chi connectivity index (χ3v) is 2.69. The fourth-order valence-corrected chi connectivity index (χ4v) is 1.63. The molecule has 2 aromatic carbocycles. The molecule has 0 saturated carbocycles. The zero-order chi connectivity index (χ0) is 14.2. The van der Waals surface area contributed by atoms with Crippen LogP contribution in [0.2, 0.25) is 0 Å². The average molecular weight is 419 g/mol. The molecular weight excluding hydrogens is 403 g/mol. The Labute approximate surface area is 156 Å². The molecule has 0 fully saturated rings. The van der Waals surface area contributed by atoms with E-state index in [-0.39, 0.29) is 51.9 Å². The van der Waals surface area contributed by atoms with Crippen LogP contribution >= 0.6 is 0 Å². The zero-order valence-corrected chi connectivity index (χ0v) is 14.0. The summed E-state index contributed by atoms with van der Waals surface area (Å²) in [5.41, 5.74) is 1.38. The Bertz CT molecular complexity index is 572. The maximum Gasteiger partial charge on any atom is 0.124 e. The van der Waals surface area contributed by atoms with Gasteiger partial charge in [0.25, 0.3) is 0 Å². The Kier molecular flexibility index (Phi) is 8.14. The van der Waals surface area contributed by atoms with Crippen molar-refractivity contribution in [1.29, 1.82) is 0 Å². The number of benzene rings is 2. The van der Waals surface area contributed by atoms with Crippen molar-refractivity contribution >= 4 is 12.4 Å². The van der Waals surface area contributed by atoms with E-state index in [4.69, 9.17) is 0 Å². The number of hydrogen-bond donors (Lipinski definition) is 2. The number of nitrogens with zero attached hydrogens (tertiary/aromatic N) is 2. The van der Waals surface area contributed by atoms with Crippen molar-refractivity contribution in [1.82, 2.24) is 0 Å². The Hall–Kier alpha value is -1.28. The summed E-state index contributed by atoms with van der Waals surface area (Å²) < 4.78 is 0. The van der Waals surface area contributed by atoms with Gasteiger partial charge in [0.1, 0.15) is 11.5 Å². The summed E-state index contributed by atoms with van der Waals surface area (Å²) in [5.74, 6) is 0.433. The van der Waals surface area contributed by atoms with E-state index in [2.05, 4.69) is 9.98 Å². The summed E-state index contributed by atoms with van der Waals surface area (Å²) in [4.78, 5) is 8.39. The first-order valence-electron chi connectivity index (χ1n) is 6.33. The van der Waals surface area contributed by atoms with Crippen molar-refractivity contribution in [2.75, 3.05) is 13.1 Å². The quantitative estimate of drug-likeness (QED) is 0.579. The van der Waals surface area contributed by atoms with Gasteiger partial charge in [-0.25, -0.2) is 0 Å². The van der Waals surface area contributed by atoms with E-state index in [9.17, 15) is 10.2 Å². The molecule has 2 aromatic rings. The topological polar surface area (TPSA) is 65.2 Å². The van der Waals surface area contributed by atoms with Crippen LogP contribution in [0.3, 0.4) is 0 Å². The van der Waals surface area contributed by atoms with Crippen molar-refractivity contribution in [3.8, 4) is 11.5 Å². The molecule has 0 aliphatic rings. The Morgan fingerprint density at radius 2 is 1.10 bits per heavy atom. The SMILES string of the molecule is Oc1ccccc1/C=N/CC/N=C/c1ccccc1O.[Sm]. The molecule has 4 nitrogen and oxygen atoms in total. The van der Waals surface area contributed by atoms with E-state index < -0.39 is 0 Å². The van der Waals surface area contributed by atoms with Crippen LogP contribution in [0, 0.1) is 40.4 Å². The molecule has 2 N–H and O–H groups in total. The van der Waals surface area contributed by atoms with E-state index in [0.717, 1.165) is 0 Å². The van der Waals surface area contributed by atoms with Gasteiger partial charge in [0.15, 0.2) is 0 Å². The van der Waals surface area contributed by atoms with Crippen LogP contribution in [0.25, 0.3) is 0 Å². The Balaban J connectivity index is 0.00000220. The molecule has 21 heavy (non-hydrogen) atoms. The Morgan fingerprint density at radius 3 is 1.48 bits per heavy atom. The summed E-state index contributed by atoms with van der Waals surface area (Å²) in [7, 11) is 0. The number of aromatic hydroxyl groups is 2. The maximum atomic E-state index is 9.54. The molecule has 0 spiro atoms. The van der Waals surface area contributed by atoms with Crippen molar-refractivity contribution in [2.45, 2.75) is 0 Å². The summed E-state index contributed by atoms with van der Waals surface area (Å²) in [6.07, 6.45) is 3.26. The summed E-state index contributed by atoms with van der Waals surface area (Å²) in [5, 5.41) is 19.1. The summed E-state index contributed by atoms with van der Waals surface area (Å²) in [6.45, 7) is 1.05. The maximum absolute atomic E-state index is 9.54. The first-order valence-corrected chi connectivity index (χ1v) is 6.33. The first kappa shape index (κ1) is 17.8. The van der Waals surface area contributed by atoms with Gasteiger partial charge in [0.05, 0.1) is 13.1 Å². The molecule has 0 heterocycles. The smallest absolute Gasteiger partial charge is 0.124 e.